The van der Waals surface area contributed by atoms with E-state index in [-0.39, 0.29) is 17.1 Å². The summed E-state index contributed by atoms with van der Waals surface area (Å²) in [5, 5.41) is 19.7. The molecule has 7 nitrogen and oxygen atoms in total. The van der Waals surface area contributed by atoms with Crippen LogP contribution in [0.3, 0.4) is 0 Å². The summed E-state index contributed by atoms with van der Waals surface area (Å²) in [7, 11) is 6.17. The van der Waals surface area contributed by atoms with Gasteiger partial charge in [0.25, 0.3) is 0 Å². The predicted octanol–water partition coefficient (Wildman–Crippen LogP) is 5.11. The average molecular weight is 462 g/mol. The molecule has 0 fully saturated rings. The number of aromatic hydroxyl groups is 2. The lowest BCUT2D eigenvalue weighted by molar-refractivity contribution is 0.104. The zero-order valence-electron chi connectivity index (χ0n) is 19.4. The smallest absolute Gasteiger partial charge is 0.203 e. The first-order valence-corrected chi connectivity index (χ1v) is 10.3. The van der Waals surface area contributed by atoms with Crippen LogP contribution in [0, 0.1) is 0 Å². The molecule has 3 rings (SSSR count). The van der Waals surface area contributed by atoms with Crippen LogP contribution in [0.5, 0.6) is 34.5 Å². The molecule has 0 bridgehead atoms. The molecular formula is C27H26O7. The SMILES string of the molecule is COc1ccc(/C=C(\C=C\C(=O)c2cc(O)ccc2O)c2cc(OC)c(OC)c(OC)c2)cc1. The number of allylic oxidation sites excluding steroid dienone is 3. The Morgan fingerprint density at radius 2 is 1.41 bits per heavy atom. The highest BCUT2D eigenvalue weighted by molar-refractivity contribution is 6.08. The predicted molar refractivity (Wildman–Crippen MR) is 130 cm³/mol. The standard InChI is InChI=1S/C27H26O7/c1-31-21-9-5-17(6-10-21)13-18(7-11-23(29)22-16-20(28)8-12-24(22)30)19-14-25(32-2)27(34-4)26(15-19)33-3/h5-16,28,30H,1-4H3/b11-7+,18-13+. The third-order valence-electron chi connectivity index (χ3n) is 5.10. The van der Waals surface area contributed by atoms with Gasteiger partial charge < -0.3 is 29.2 Å². The van der Waals surface area contributed by atoms with E-state index >= 15 is 0 Å². The third kappa shape index (κ3) is 5.50. The Labute approximate surface area is 198 Å². The number of methoxy groups -OCH3 is 4. The summed E-state index contributed by atoms with van der Waals surface area (Å²) in [4.78, 5) is 12.8. The van der Waals surface area contributed by atoms with E-state index in [1.165, 1.54) is 45.6 Å². The maximum absolute atomic E-state index is 12.8. The normalized spacial score (nSPS) is 11.4. The van der Waals surface area contributed by atoms with E-state index in [0.29, 0.717) is 28.4 Å². The lowest BCUT2D eigenvalue weighted by atomic mass is 9.99. The Hall–Kier alpha value is -4.39. The molecule has 0 saturated heterocycles. The van der Waals surface area contributed by atoms with Crippen LogP contribution in [0.25, 0.3) is 11.6 Å². The molecule has 3 aromatic rings. The molecular weight excluding hydrogens is 436 g/mol. The van der Waals surface area contributed by atoms with Crippen molar-refractivity contribution >= 4 is 17.4 Å². The number of carbonyl (C=O) groups is 1. The summed E-state index contributed by atoms with van der Waals surface area (Å²) in [5.41, 5.74) is 2.22. The van der Waals surface area contributed by atoms with Crippen molar-refractivity contribution < 1.29 is 34.0 Å². The van der Waals surface area contributed by atoms with E-state index in [2.05, 4.69) is 0 Å². The van der Waals surface area contributed by atoms with E-state index in [1.807, 2.05) is 30.3 Å². The molecule has 0 amide bonds. The van der Waals surface area contributed by atoms with E-state index in [4.69, 9.17) is 18.9 Å². The molecule has 2 N–H and O–H groups in total. The second-order valence-corrected chi connectivity index (χ2v) is 7.19. The third-order valence-corrected chi connectivity index (χ3v) is 5.10. The Balaban J connectivity index is 2.11. The number of phenolic OH excluding ortho intramolecular Hbond substituents is 2. The maximum atomic E-state index is 12.8. The van der Waals surface area contributed by atoms with Gasteiger partial charge in [-0.3, -0.25) is 4.79 Å². The molecule has 3 aromatic carbocycles. The van der Waals surface area contributed by atoms with Gasteiger partial charge in [0.2, 0.25) is 5.75 Å². The van der Waals surface area contributed by atoms with Crippen molar-refractivity contribution in [3.8, 4) is 34.5 Å². The number of ether oxygens (including phenoxy) is 4. The molecule has 0 radical (unpaired) electrons. The number of hydrogen-bond acceptors (Lipinski definition) is 7. The highest BCUT2D eigenvalue weighted by Gasteiger charge is 2.15. The number of phenols is 2. The van der Waals surface area contributed by atoms with Gasteiger partial charge in [0.05, 0.1) is 34.0 Å². The molecule has 0 aliphatic heterocycles. The second-order valence-electron chi connectivity index (χ2n) is 7.19. The Kier molecular flexibility index (Phi) is 7.82. The summed E-state index contributed by atoms with van der Waals surface area (Å²) >= 11 is 0. The van der Waals surface area contributed by atoms with Crippen LogP contribution in [0.2, 0.25) is 0 Å². The van der Waals surface area contributed by atoms with Crippen LogP contribution in [0.15, 0.2) is 66.7 Å². The lowest BCUT2D eigenvalue weighted by Crippen LogP contribution is -1.98. The molecule has 7 heteroatoms. The van der Waals surface area contributed by atoms with Gasteiger partial charge in [-0.15, -0.1) is 0 Å². The molecule has 176 valence electrons. The van der Waals surface area contributed by atoms with Gasteiger partial charge in [-0.25, -0.2) is 0 Å². The van der Waals surface area contributed by atoms with E-state index in [0.717, 1.165) is 11.3 Å². The van der Waals surface area contributed by atoms with Gasteiger partial charge in [-0.1, -0.05) is 18.2 Å². The quantitative estimate of drug-likeness (QED) is 0.150. The molecule has 0 aromatic heterocycles. The minimum absolute atomic E-state index is 0.00932. The van der Waals surface area contributed by atoms with Crippen LogP contribution >= 0.6 is 0 Å². The monoisotopic (exact) mass is 462 g/mol. The zero-order chi connectivity index (χ0) is 24.7. The maximum Gasteiger partial charge on any atom is 0.203 e. The first kappa shape index (κ1) is 24.3. The first-order valence-electron chi connectivity index (χ1n) is 10.3. The van der Waals surface area contributed by atoms with Crippen molar-refractivity contribution in [1.29, 1.82) is 0 Å². The van der Waals surface area contributed by atoms with Gasteiger partial charge in [-0.05, 0) is 71.3 Å². The van der Waals surface area contributed by atoms with Crippen molar-refractivity contribution in [2.75, 3.05) is 28.4 Å². The summed E-state index contributed by atoms with van der Waals surface area (Å²) < 4.78 is 21.6. The average Bonchev–Trinajstić information content (AvgIpc) is 2.87. The number of benzene rings is 3. The molecule has 0 atom stereocenters. The molecule has 34 heavy (non-hydrogen) atoms. The molecule has 0 unspecified atom stereocenters. The van der Waals surface area contributed by atoms with Crippen LogP contribution < -0.4 is 18.9 Å². The molecule has 0 saturated carbocycles. The highest BCUT2D eigenvalue weighted by atomic mass is 16.5. The molecule has 0 spiro atoms. The fourth-order valence-corrected chi connectivity index (χ4v) is 3.33. The molecule has 0 aliphatic carbocycles. The Morgan fingerprint density at radius 3 is 1.97 bits per heavy atom. The van der Waals surface area contributed by atoms with Crippen LogP contribution in [-0.4, -0.2) is 44.4 Å². The Morgan fingerprint density at radius 1 is 0.765 bits per heavy atom. The zero-order valence-corrected chi connectivity index (χ0v) is 19.4. The van der Waals surface area contributed by atoms with E-state index in [9.17, 15) is 15.0 Å². The topological polar surface area (TPSA) is 94.5 Å². The number of carbonyl (C=O) groups excluding carboxylic acids is 1. The van der Waals surface area contributed by atoms with Gasteiger partial charge in [-0.2, -0.15) is 0 Å². The summed E-state index contributed by atoms with van der Waals surface area (Å²) in [5.74, 6) is 1.28. The second kappa shape index (κ2) is 11.0. The summed E-state index contributed by atoms with van der Waals surface area (Å²) in [6.45, 7) is 0. The van der Waals surface area contributed by atoms with E-state index in [1.54, 1.807) is 25.3 Å². The van der Waals surface area contributed by atoms with Crippen LogP contribution in [0.4, 0.5) is 0 Å². The fraction of sp³-hybridized carbons (Fsp3) is 0.148. The van der Waals surface area contributed by atoms with Gasteiger partial charge in [0, 0.05) is 0 Å². The highest BCUT2D eigenvalue weighted by Crippen LogP contribution is 2.40. The number of ketones is 1. The lowest BCUT2D eigenvalue weighted by Gasteiger charge is -2.15. The largest absolute Gasteiger partial charge is 0.508 e. The number of rotatable bonds is 9. The van der Waals surface area contributed by atoms with E-state index < -0.39 is 5.78 Å². The molecule has 0 heterocycles. The van der Waals surface area contributed by atoms with Gasteiger partial charge in [0.15, 0.2) is 17.3 Å². The van der Waals surface area contributed by atoms with Crippen molar-refractivity contribution in [3.05, 3.63) is 83.4 Å². The summed E-state index contributed by atoms with van der Waals surface area (Å²) in [6.07, 6.45) is 4.83. The number of hydrogen-bond donors (Lipinski definition) is 2. The Bertz CT molecular complexity index is 1200. The minimum Gasteiger partial charge on any atom is -0.508 e. The summed E-state index contributed by atoms with van der Waals surface area (Å²) in [6, 6.07) is 14.8. The molecule has 0 aliphatic rings. The van der Waals surface area contributed by atoms with Crippen LogP contribution in [-0.2, 0) is 0 Å². The van der Waals surface area contributed by atoms with Crippen molar-refractivity contribution in [1.82, 2.24) is 0 Å². The van der Waals surface area contributed by atoms with Gasteiger partial charge in [0.1, 0.15) is 17.2 Å². The van der Waals surface area contributed by atoms with Crippen LogP contribution in [0.1, 0.15) is 21.5 Å². The van der Waals surface area contributed by atoms with Crippen molar-refractivity contribution in [2.24, 2.45) is 0 Å². The van der Waals surface area contributed by atoms with Crippen molar-refractivity contribution in [2.45, 2.75) is 0 Å². The fourth-order valence-electron chi connectivity index (χ4n) is 3.33. The van der Waals surface area contributed by atoms with Crippen molar-refractivity contribution in [3.63, 3.8) is 0 Å². The first-order chi connectivity index (χ1) is 16.4. The van der Waals surface area contributed by atoms with Gasteiger partial charge >= 0.3 is 0 Å². The minimum atomic E-state index is -0.471.